The van der Waals surface area contributed by atoms with E-state index in [1.807, 2.05) is 0 Å². The van der Waals surface area contributed by atoms with E-state index in [1.54, 1.807) is 18.2 Å². The molecule has 0 bridgehead atoms. The Labute approximate surface area is 92.6 Å². The first kappa shape index (κ1) is 12.5. The van der Waals surface area contributed by atoms with Crippen molar-refractivity contribution in [3.63, 3.8) is 0 Å². The number of hydrogen-bond donors (Lipinski definition) is 0. The smallest absolute Gasteiger partial charge is 0.461 e. The van der Waals surface area contributed by atoms with Crippen LogP contribution in [0.3, 0.4) is 0 Å². The lowest BCUT2D eigenvalue weighted by Gasteiger charge is -2.14. The van der Waals surface area contributed by atoms with Crippen LogP contribution >= 0.6 is 7.82 Å². The summed E-state index contributed by atoms with van der Waals surface area (Å²) in [5.74, 6) is 0.246. The van der Waals surface area contributed by atoms with Crippen molar-refractivity contribution in [2.75, 3.05) is 14.2 Å². The van der Waals surface area contributed by atoms with Gasteiger partial charge in [-0.25, -0.2) is 4.57 Å². The third kappa shape index (κ3) is 2.97. The SMILES string of the molecule is COP(=O)(OC)O/C(=C/C#N)c1ccco1. The Kier molecular flexibility index (Phi) is 4.32. The predicted octanol–water partition coefficient (Wildman–Crippen LogP) is 2.56. The van der Waals surface area contributed by atoms with Crippen LogP contribution in [0.5, 0.6) is 0 Å². The Morgan fingerprint density at radius 3 is 2.69 bits per heavy atom. The quantitative estimate of drug-likeness (QED) is 0.449. The van der Waals surface area contributed by atoms with Crippen molar-refractivity contribution in [2.24, 2.45) is 0 Å². The van der Waals surface area contributed by atoms with E-state index in [9.17, 15) is 4.57 Å². The number of nitrogens with zero attached hydrogens (tertiary/aromatic N) is 1. The van der Waals surface area contributed by atoms with Crippen LogP contribution in [0.1, 0.15) is 5.76 Å². The Morgan fingerprint density at radius 2 is 2.25 bits per heavy atom. The molecular formula is C9H10NO5P. The summed E-state index contributed by atoms with van der Waals surface area (Å²) in [5, 5.41) is 8.56. The zero-order valence-corrected chi connectivity index (χ0v) is 9.64. The normalized spacial score (nSPS) is 12.2. The van der Waals surface area contributed by atoms with Gasteiger partial charge in [-0.2, -0.15) is 5.26 Å². The van der Waals surface area contributed by atoms with Crippen LogP contribution in [0, 0.1) is 11.3 Å². The van der Waals surface area contributed by atoms with Gasteiger partial charge in [0.2, 0.25) is 0 Å². The minimum absolute atomic E-state index is 0.0143. The standard InChI is InChI=1S/C9H10NO5P/c1-12-16(11,13-2)15-9(5-6-10)8-4-3-7-14-8/h3-5,7H,1-2H3/b9-5+. The molecule has 1 aromatic rings. The van der Waals surface area contributed by atoms with Gasteiger partial charge in [-0.3, -0.25) is 9.05 Å². The Morgan fingerprint density at radius 1 is 1.56 bits per heavy atom. The van der Waals surface area contributed by atoms with Crippen molar-refractivity contribution < 1.29 is 22.6 Å². The molecular weight excluding hydrogens is 233 g/mol. The van der Waals surface area contributed by atoms with E-state index < -0.39 is 7.82 Å². The zero-order chi connectivity index (χ0) is 12.0. The van der Waals surface area contributed by atoms with Gasteiger partial charge in [0.1, 0.15) is 0 Å². The maximum Gasteiger partial charge on any atom is 0.529 e. The minimum Gasteiger partial charge on any atom is -0.461 e. The van der Waals surface area contributed by atoms with Crippen LogP contribution < -0.4 is 0 Å². The molecule has 0 spiro atoms. The maximum atomic E-state index is 11.7. The monoisotopic (exact) mass is 243 g/mol. The van der Waals surface area contributed by atoms with E-state index in [1.165, 1.54) is 20.5 Å². The second kappa shape index (κ2) is 5.52. The molecule has 1 heterocycles. The average molecular weight is 243 g/mol. The molecule has 0 amide bonds. The van der Waals surface area contributed by atoms with Gasteiger partial charge in [0.05, 0.1) is 18.4 Å². The number of rotatable bonds is 5. The summed E-state index contributed by atoms with van der Waals surface area (Å²) < 4.78 is 30.8. The Balaban J connectivity index is 2.96. The lowest BCUT2D eigenvalue weighted by atomic mass is 10.3. The molecule has 0 unspecified atom stereocenters. The summed E-state index contributed by atoms with van der Waals surface area (Å²) in [7, 11) is -1.33. The van der Waals surface area contributed by atoms with Gasteiger partial charge in [0.25, 0.3) is 0 Å². The van der Waals surface area contributed by atoms with Gasteiger partial charge in [0, 0.05) is 14.2 Å². The van der Waals surface area contributed by atoms with Crippen LogP contribution in [-0.4, -0.2) is 14.2 Å². The molecule has 0 aliphatic rings. The highest BCUT2D eigenvalue weighted by molar-refractivity contribution is 7.48. The number of furan rings is 1. The van der Waals surface area contributed by atoms with Crippen LogP contribution in [-0.2, 0) is 18.1 Å². The average Bonchev–Trinajstić information content (AvgIpc) is 2.82. The first-order valence-corrected chi connectivity index (χ1v) is 5.66. The third-order valence-corrected chi connectivity index (χ3v) is 2.93. The van der Waals surface area contributed by atoms with Gasteiger partial charge in [-0.1, -0.05) is 0 Å². The third-order valence-electron chi connectivity index (χ3n) is 1.62. The van der Waals surface area contributed by atoms with Crippen LogP contribution in [0.4, 0.5) is 0 Å². The highest BCUT2D eigenvalue weighted by Crippen LogP contribution is 2.51. The molecule has 0 aliphatic carbocycles. The molecule has 0 radical (unpaired) electrons. The predicted molar refractivity (Wildman–Crippen MR) is 55.0 cm³/mol. The second-order valence-corrected chi connectivity index (χ2v) is 4.33. The Bertz CT molecular complexity index is 437. The van der Waals surface area contributed by atoms with Gasteiger partial charge in [-0.15, -0.1) is 0 Å². The highest BCUT2D eigenvalue weighted by atomic mass is 31.2. The van der Waals surface area contributed by atoms with Crippen LogP contribution in [0.25, 0.3) is 5.76 Å². The summed E-state index contributed by atoms with van der Waals surface area (Å²) in [5.41, 5.74) is 0. The molecule has 6 nitrogen and oxygen atoms in total. The second-order valence-electron chi connectivity index (χ2n) is 2.52. The first-order valence-electron chi connectivity index (χ1n) is 4.20. The molecule has 0 atom stereocenters. The lowest BCUT2D eigenvalue weighted by Crippen LogP contribution is -1.94. The van der Waals surface area contributed by atoms with Crippen molar-refractivity contribution in [2.45, 2.75) is 0 Å². The van der Waals surface area contributed by atoms with E-state index >= 15 is 0 Å². The molecule has 0 saturated heterocycles. The van der Waals surface area contributed by atoms with Gasteiger partial charge >= 0.3 is 7.82 Å². The molecule has 86 valence electrons. The van der Waals surface area contributed by atoms with Gasteiger partial charge < -0.3 is 8.94 Å². The minimum atomic E-state index is -3.69. The molecule has 0 saturated carbocycles. The van der Waals surface area contributed by atoms with Crippen LogP contribution in [0.15, 0.2) is 28.9 Å². The number of phosphoric acid groups is 1. The fraction of sp³-hybridized carbons (Fsp3) is 0.222. The molecule has 1 aromatic heterocycles. The van der Waals surface area contributed by atoms with E-state index in [4.69, 9.17) is 14.2 Å². The highest BCUT2D eigenvalue weighted by Gasteiger charge is 2.27. The molecule has 0 aliphatic heterocycles. The van der Waals surface area contributed by atoms with Gasteiger partial charge in [-0.05, 0) is 12.1 Å². The van der Waals surface area contributed by atoms with Crippen molar-refractivity contribution in [1.29, 1.82) is 5.26 Å². The lowest BCUT2D eigenvalue weighted by molar-refractivity contribution is 0.199. The molecule has 7 heteroatoms. The van der Waals surface area contributed by atoms with Crippen molar-refractivity contribution in [3.8, 4) is 6.07 Å². The maximum absolute atomic E-state index is 11.7. The topological polar surface area (TPSA) is 81.7 Å². The fourth-order valence-electron chi connectivity index (χ4n) is 0.889. The summed E-state index contributed by atoms with van der Waals surface area (Å²) in [4.78, 5) is 0. The molecule has 16 heavy (non-hydrogen) atoms. The van der Waals surface area contributed by atoms with Crippen molar-refractivity contribution in [3.05, 3.63) is 30.2 Å². The molecule has 0 fully saturated rings. The van der Waals surface area contributed by atoms with Crippen molar-refractivity contribution >= 4 is 13.6 Å². The van der Waals surface area contributed by atoms with E-state index in [-0.39, 0.29) is 11.5 Å². The van der Waals surface area contributed by atoms with E-state index in [0.29, 0.717) is 0 Å². The number of phosphoric ester groups is 1. The first-order chi connectivity index (χ1) is 7.65. The largest absolute Gasteiger partial charge is 0.529 e. The summed E-state index contributed by atoms with van der Waals surface area (Å²) in [6, 6.07) is 4.91. The van der Waals surface area contributed by atoms with Gasteiger partial charge in [0.15, 0.2) is 11.5 Å². The number of nitriles is 1. The molecule has 0 aromatic carbocycles. The Hall–Kier alpha value is -1.54. The van der Waals surface area contributed by atoms with E-state index in [2.05, 4.69) is 9.05 Å². The molecule has 1 rings (SSSR count). The zero-order valence-electron chi connectivity index (χ0n) is 8.75. The number of hydrogen-bond acceptors (Lipinski definition) is 6. The summed E-state index contributed by atoms with van der Waals surface area (Å²) >= 11 is 0. The summed E-state index contributed by atoms with van der Waals surface area (Å²) in [6.45, 7) is 0. The van der Waals surface area contributed by atoms with Crippen molar-refractivity contribution in [1.82, 2.24) is 0 Å². The fourth-order valence-corrected chi connectivity index (χ4v) is 1.57. The van der Waals surface area contributed by atoms with E-state index in [0.717, 1.165) is 6.08 Å². The number of allylic oxidation sites excluding steroid dienone is 1. The van der Waals surface area contributed by atoms with Crippen LogP contribution in [0.2, 0.25) is 0 Å². The molecule has 0 N–H and O–H groups in total. The summed E-state index contributed by atoms with van der Waals surface area (Å²) in [6.07, 6.45) is 2.44.